The molecule has 11 heavy (non-hydrogen) atoms. The van der Waals surface area contributed by atoms with Crippen LogP contribution in [-0.2, 0) is 6.42 Å². The maximum atomic E-state index is 4.35. The number of aryl methyl sites for hydroxylation is 2. The minimum absolute atomic E-state index is 0.977. The van der Waals surface area contributed by atoms with E-state index in [2.05, 4.69) is 15.3 Å². The van der Waals surface area contributed by atoms with Gasteiger partial charge >= 0.3 is 0 Å². The van der Waals surface area contributed by atoms with Crippen LogP contribution in [-0.4, -0.2) is 23.6 Å². The summed E-state index contributed by atoms with van der Waals surface area (Å²) in [4.78, 5) is 7.58. The lowest BCUT2D eigenvalue weighted by molar-refractivity contribution is 0.762. The van der Waals surface area contributed by atoms with Gasteiger partial charge in [-0.25, -0.2) is 4.98 Å². The minimum atomic E-state index is 0.977. The van der Waals surface area contributed by atoms with Crippen molar-refractivity contribution in [2.45, 2.75) is 20.3 Å². The number of imidazole rings is 1. The summed E-state index contributed by atoms with van der Waals surface area (Å²) in [5, 5.41) is 3.08. The van der Waals surface area contributed by atoms with Crippen molar-refractivity contribution in [2.24, 2.45) is 0 Å². The molecule has 62 valence electrons. The Morgan fingerprint density at radius 2 is 2.18 bits per heavy atom. The highest BCUT2D eigenvalue weighted by Crippen LogP contribution is 2.02. The van der Waals surface area contributed by atoms with Gasteiger partial charge in [0, 0.05) is 18.7 Å². The summed E-state index contributed by atoms with van der Waals surface area (Å²) in [5.41, 5.74) is 2.28. The number of H-pyrrole nitrogens is 1. The standard InChI is InChI=1S/C8H15N3/c1-6-7(2)11-8(10-6)4-5-9-3/h9H,4-5H2,1-3H3,(H,10,11). The molecule has 0 radical (unpaired) electrons. The van der Waals surface area contributed by atoms with E-state index in [1.165, 1.54) is 5.69 Å². The average molecular weight is 153 g/mol. The molecular formula is C8H15N3. The van der Waals surface area contributed by atoms with Crippen LogP contribution in [0, 0.1) is 13.8 Å². The molecule has 0 bridgehead atoms. The average Bonchev–Trinajstić information content (AvgIpc) is 2.28. The second-order valence-corrected chi connectivity index (χ2v) is 2.75. The van der Waals surface area contributed by atoms with Crippen molar-refractivity contribution >= 4 is 0 Å². The number of nitrogens with one attached hydrogen (secondary N) is 2. The molecule has 2 N–H and O–H groups in total. The third-order valence-corrected chi connectivity index (χ3v) is 1.79. The van der Waals surface area contributed by atoms with Crippen molar-refractivity contribution in [1.82, 2.24) is 15.3 Å². The van der Waals surface area contributed by atoms with E-state index in [1.54, 1.807) is 0 Å². The lowest BCUT2D eigenvalue weighted by Gasteiger charge is -1.93. The molecule has 0 aromatic carbocycles. The summed E-state index contributed by atoms with van der Waals surface area (Å²) in [7, 11) is 1.95. The van der Waals surface area contributed by atoms with Gasteiger partial charge in [-0.2, -0.15) is 0 Å². The molecule has 1 aromatic heterocycles. The third-order valence-electron chi connectivity index (χ3n) is 1.79. The molecule has 3 heteroatoms. The van der Waals surface area contributed by atoms with Crippen molar-refractivity contribution in [3.63, 3.8) is 0 Å². The van der Waals surface area contributed by atoms with Crippen LogP contribution in [0.2, 0.25) is 0 Å². The van der Waals surface area contributed by atoms with Gasteiger partial charge in [-0.05, 0) is 20.9 Å². The van der Waals surface area contributed by atoms with Gasteiger partial charge in [-0.3, -0.25) is 0 Å². The van der Waals surface area contributed by atoms with Gasteiger partial charge in [0.25, 0.3) is 0 Å². The van der Waals surface area contributed by atoms with E-state index in [4.69, 9.17) is 0 Å². The van der Waals surface area contributed by atoms with Gasteiger partial charge < -0.3 is 10.3 Å². The van der Waals surface area contributed by atoms with Crippen LogP contribution in [0.3, 0.4) is 0 Å². The fourth-order valence-corrected chi connectivity index (χ4v) is 0.983. The molecule has 0 atom stereocenters. The SMILES string of the molecule is CNCCc1nc(C)c(C)[nH]1. The van der Waals surface area contributed by atoms with Gasteiger partial charge in [0.05, 0.1) is 5.69 Å². The van der Waals surface area contributed by atoms with Crippen molar-refractivity contribution in [3.05, 3.63) is 17.2 Å². The van der Waals surface area contributed by atoms with E-state index < -0.39 is 0 Å². The van der Waals surface area contributed by atoms with Crippen LogP contribution in [0.1, 0.15) is 17.2 Å². The van der Waals surface area contributed by atoms with E-state index in [-0.39, 0.29) is 0 Å². The Morgan fingerprint density at radius 1 is 1.45 bits per heavy atom. The molecule has 0 saturated heterocycles. The maximum absolute atomic E-state index is 4.35. The first-order valence-corrected chi connectivity index (χ1v) is 3.90. The molecule has 0 aliphatic heterocycles. The largest absolute Gasteiger partial charge is 0.346 e. The zero-order valence-electron chi connectivity index (χ0n) is 7.36. The second kappa shape index (κ2) is 3.53. The lowest BCUT2D eigenvalue weighted by atomic mass is 10.4. The number of likely N-dealkylation sites (N-methyl/N-ethyl adjacent to an activating group) is 1. The summed E-state index contributed by atoms with van der Waals surface area (Å²) in [6, 6.07) is 0. The fourth-order valence-electron chi connectivity index (χ4n) is 0.983. The normalized spacial score (nSPS) is 10.5. The summed E-state index contributed by atoms with van der Waals surface area (Å²) in [5.74, 6) is 1.08. The van der Waals surface area contributed by atoms with Crippen LogP contribution < -0.4 is 5.32 Å². The van der Waals surface area contributed by atoms with E-state index in [0.29, 0.717) is 0 Å². The van der Waals surface area contributed by atoms with Crippen LogP contribution in [0.5, 0.6) is 0 Å². The van der Waals surface area contributed by atoms with Gasteiger partial charge in [-0.1, -0.05) is 0 Å². The number of aromatic amines is 1. The molecule has 0 spiro atoms. The molecule has 0 fully saturated rings. The van der Waals surface area contributed by atoms with E-state index in [9.17, 15) is 0 Å². The summed E-state index contributed by atoms with van der Waals surface area (Å²) in [6.07, 6.45) is 0.977. The quantitative estimate of drug-likeness (QED) is 0.674. The van der Waals surface area contributed by atoms with E-state index in [0.717, 1.165) is 24.5 Å². The van der Waals surface area contributed by atoms with Crippen LogP contribution in [0.4, 0.5) is 0 Å². The Kier molecular flexibility index (Phi) is 2.65. The van der Waals surface area contributed by atoms with Crippen molar-refractivity contribution < 1.29 is 0 Å². The van der Waals surface area contributed by atoms with Crippen molar-refractivity contribution in [3.8, 4) is 0 Å². The van der Waals surface area contributed by atoms with Crippen LogP contribution >= 0.6 is 0 Å². The molecule has 0 amide bonds. The summed E-state index contributed by atoms with van der Waals surface area (Å²) in [6.45, 7) is 5.05. The Labute approximate surface area is 67.2 Å². The predicted octanol–water partition coefficient (Wildman–Crippen LogP) is 0.788. The highest BCUT2D eigenvalue weighted by molar-refractivity contribution is 5.10. The highest BCUT2D eigenvalue weighted by atomic mass is 14.9. The van der Waals surface area contributed by atoms with Gasteiger partial charge in [-0.15, -0.1) is 0 Å². The zero-order valence-corrected chi connectivity index (χ0v) is 7.36. The molecule has 0 unspecified atom stereocenters. The first kappa shape index (κ1) is 8.27. The molecule has 3 nitrogen and oxygen atoms in total. The minimum Gasteiger partial charge on any atom is -0.346 e. The van der Waals surface area contributed by atoms with Crippen molar-refractivity contribution in [1.29, 1.82) is 0 Å². The Hall–Kier alpha value is -0.830. The molecule has 0 aliphatic rings. The number of nitrogens with zero attached hydrogens (tertiary/aromatic N) is 1. The number of rotatable bonds is 3. The second-order valence-electron chi connectivity index (χ2n) is 2.75. The number of hydrogen-bond acceptors (Lipinski definition) is 2. The number of hydrogen-bond donors (Lipinski definition) is 2. The van der Waals surface area contributed by atoms with Crippen molar-refractivity contribution in [2.75, 3.05) is 13.6 Å². The molecular weight excluding hydrogens is 138 g/mol. The predicted molar refractivity (Wildman–Crippen MR) is 45.7 cm³/mol. The van der Waals surface area contributed by atoms with Gasteiger partial charge in [0.2, 0.25) is 0 Å². The highest BCUT2D eigenvalue weighted by Gasteiger charge is 1.99. The van der Waals surface area contributed by atoms with Gasteiger partial charge in [0.1, 0.15) is 5.82 Å². The Bertz CT molecular complexity index is 208. The zero-order chi connectivity index (χ0) is 8.27. The third kappa shape index (κ3) is 2.05. The topological polar surface area (TPSA) is 40.7 Å². The van der Waals surface area contributed by atoms with E-state index >= 15 is 0 Å². The maximum Gasteiger partial charge on any atom is 0.107 e. The van der Waals surface area contributed by atoms with Crippen LogP contribution in [0.25, 0.3) is 0 Å². The summed E-state index contributed by atoms with van der Waals surface area (Å²) < 4.78 is 0. The first-order valence-electron chi connectivity index (χ1n) is 3.90. The summed E-state index contributed by atoms with van der Waals surface area (Å²) >= 11 is 0. The van der Waals surface area contributed by atoms with E-state index in [1.807, 2.05) is 20.9 Å². The Balaban J connectivity index is 2.58. The molecule has 1 rings (SSSR count). The van der Waals surface area contributed by atoms with Crippen LogP contribution in [0.15, 0.2) is 0 Å². The molecule has 0 saturated carbocycles. The fraction of sp³-hybridized carbons (Fsp3) is 0.625. The molecule has 1 aromatic rings. The smallest absolute Gasteiger partial charge is 0.107 e. The monoisotopic (exact) mass is 153 g/mol. The first-order chi connectivity index (χ1) is 5.24. The Morgan fingerprint density at radius 3 is 2.64 bits per heavy atom. The molecule has 0 aliphatic carbocycles. The van der Waals surface area contributed by atoms with Gasteiger partial charge in [0.15, 0.2) is 0 Å². The molecule has 1 heterocycles. The lowest BCUT2D eigenvalue weighted by Crippen LogP contribution is -2.11. The number of aromatic nitrogens is 2.